The van der Waals surface area contributed by atoms with Gasteiger partial charge in [-0.25, -0.2) is 12.8 Å². The second-order valence-electron chi connectivity index (χ2n) is 4.64. The number of anilines is 1. The average molecular weight is 304 g/mol. The van der Waals surface area contributed by atoms with Crippen LogP contribution in [-0.4, -0.2) is 8.42 Å². The highest BCUT2D eigenvalue weighted by Crippen LogP contribution is 2.26. The molecule has 0 atom stereocenters. The number of halogens is 1. The number of benzene rings is 2. The molecule has 0 fully saturated rings. The molecule has 2 rings (SSSR count). The lowest BCUT2D eigenvalue weighted by Gasteiger charge is -2.10. The number of hydrogen-bond donors (Lipinski definition) is 1. The summed E-state index contributed by atoms with van der Waals surface area (Å²) in [6.07, 6.45) is 0. The van der Waals surface area contributed by atoms with Crippen molar-refractivity contribution in [1.82, 2.24) is 0 Å². The molecule has 2 N–H and O–H groups in total. The maximum absolute atomic E-state index is 14.0. The predicted octanol–water partition coefficient (Wildman–Crippen LogP) is 2.56. The molecule has 0 amide bonds. The van der Waals surface area contributed by atoms with Crippen molar-refractivity contribution in [3.8, 4) is 6.07 Å². The van der Waals surface area contributed by atoms with Crippen LogP contribution in [0.15, 0.2) is 41.3 Å². The van der Waals surface area contributed by atoms with Crippen LogP contribution in [0.2, 0.25) is 0 Å². The summed E-state index contributed by atoms with van der Waals surface area (Å²) in [6, 6.07) is 10.5. The second kappa shape index (κ2) is 5.54. The number of rotatable bonds is 3. The van der Waals surface area contributed by atoms with Gasteiger partial charge in [0.05, 0.1) is 21.9 Å². The van der Waals surface area contributed by atoms with Crippen molar-refractivity contribution >= 4 is 15.5 Å². The molecule has 0 heterocycles. The van der Waals surface area contributed by atoms with Crippen LogP contribution >= 0.6 is 0 Å². The Morgan fingerprint density at radius 3 is 2.57 bits per heavy atom. The van der Waals surface area contributed by atoms with E-state index in [0.29, 0.717) is 5.56 Å². The maximum Gasteiger partial charge on any atom is 0.184 e. The molecular formula is C15H13FN2O2S. The molecule has 0 bridgehead atoms. The molecule has 0 spiro atoms. The normalized spacial score (nSPS) is 11.1. The average Bonchev–Trinajstić information content (AvgIpc) is 2.44. The number of nitriles is 1. The fourth-order valence-electron chi connectivity index (χ4n) is 1.99. The highest BCUT2D eigenvalue weighted by Gasteiger charge is 2.21. The molecule has 0 aliphatic rings. The number of nitrogen functional groups attached to an aromatic ring is 1. The van der Waals surface area contributed by atoms with Gasteiger partial charge in [-0.15, -0.1) is 0 Å². The first kappa shape index (κ1) is 15.0. The Kier molecular flexibility index (Phi) is 3.96. The Bertz CT molecular complexity index is 839. The molecule has 0 unspecified atom stereocenters. The fraction of sp³-hybridized carbons (Fsp3) is 0.133. The van der Waals surface area contributed by atoms with Crippen LogP contribution in [0.3, 0.4) is 0 Å². The van der Waals surface area contributed by atoms with Gasteiger partial charge in [0.25, 0.3) is 0 Å². The smallest absolute Gasteiger partial charge is 0.184 e. The third-order valence-electron chi connectivity index (χ3n) is 3.16. The van der Waals surface area contributed by atoms with Crippen molar-refractivity contribution in [1.29, 1.82) is 5.26 Å². The summed E-state index contributed by atoms with van der Waals surface area (Å²) in [5.74, 6) is -1.35. The van der Waals surface area contributed by atoms with Crippen LogP contribution in [0.5, 0.6) is 0 Å². The number of hydrogen-bond acceptors (Lipinski definition) is 4. The summed E-state index contributed by atoms with van der Waals surface area (Å²) in [5, 5.41) is 8.78. The molecule has 2 aromatic carbocycles. The van der Waals surface area contributed by atoms with Gasteiger partial charge in [0, 0.05) is 5.56 Å². The summed E-state index contributed by atoms with van der Waals surface area (Å²) in [7, 11) is -3.79. The first-order valence-corrected chi connectivity index (χ1v) is 7.77. The van der Waals surface area contributed by atoms with Gasteiger partial charge in [-0.3, -0.25) is 0 Å². The Hall–Kier alpha value is -2.39. The Morgan fingerprint density at radius 2 is 1.90 bits per heavy atom. The predicted molar refractivity (Wildman–Crippen MR) is 77.6 cm³/mol. The first-order chi connectivity index (χ1) is 9.86. The molecule has 0 aliphatic carbocycles. The zero-order chi connectivity index (χ0) is 15.6. The fourth-order valence-corrected chi connectivity index (χ4v) is 3.55. The van der Waals surface area contributed by atoms with Gasteiger partial charge in [-0.1, -0.05) is 24.3 Å². The van der Waals surface area contributed by atoms with Crippen LogP contribution in [-0.2, 0) is 15.6 Å². The summed E-state index contributed by atoms with van der Waals surface area (Å²) < 4.78 is 38.8. The van der Waals surface area contributed by atoms with E-state index in [1.807, 2.05) is 0 Å². The topological polar surface area (TPSA) is 84.0 Å². The zero-order valence-corrected chi connectivity index (χ0v) is 12.1. The third kappa shape index (κ3) is 2.88. The van der Waals surface area contributed by atoms with Crippen molar-refractivity contribution in [3.63, 3.8) is 0 Å². The molecule has 108 valence electrons. The lowest BCUT2D eigenvalue weighted by molar-refractivity contribution is 0.586. The van der Waals surface area contributed by atoms with Crippen LogP contribution in [0.25, 0.3) is 0 Å². The zero-order valence-electron chi connectivity index (χ0n) is 11.3. The summed E-state index contributed by atoms with van der Waals surface area (Å²) in [5.41, 5.74) is 6.37. The van der Waals surface area contributed by atoms with Crippen molar-refractivity contribution < 1.29 is 12.8 Å². The molecular weight excluding hydrogens is 291 g/mol. The van der Waals surface area contributed by atoms with E-state index >= 15 is 0 Å². The molecule has 0 aliphatic heterocycles. The lowest BCUT2D eigenvalue weighted by atomic mass is 10.1. The Morgan fingerprint density at radius 1 is 1.24 bits per heavy atom. The molecule has 0 radical (unpaired) electrons. The second-order valence-corrected chi connectivity index (χ2v) is 6.59. The standard InChI is InChI=1S/C15H13FN2O2S/c1-10-4-2-7-13(15(10)18)21(19,20)9-12-6-3-5-11(8-17)14(12)16/h2-7H,9,18H2,1H3. The molecule has 2 aromatic rings. The third-order valence-corrected chi connectivity index (χ3v) is 4.88. The number of sulfone groups is 1. The number of nitrogens with two attached hydrogens (primary N) is 1. The number of aryl methyl sites for hydroxylation is 1. The minimum atomic E-state index is -3.79. The van der Waals surface area contributed by atoms with Crippen LogP contribution < -0.4 is 5.73 Å². The van der Waals surface area contributed by atoms with Crippen LogP contribution in [0, 0.1) is 24.1 Å². The van der Waals surface area contributed by atoms with E-state index in [9.17, 15) is 12.8 Å². The Labute approximate surface area is 122 Å². The van der Waals surface area contributed by atoms with Gasteiger partial charge < -0.3 is 5.73 Å². The summed E-state index contributed by atoms with van der Waals surface area (Å²) in [4.78, 5) is -0.0238. The van der Waals surface area contributed by atoms with E-state index in [1.165, 1.54) is 24.3 Å². The minimum absolute atomic E-state index is 0.0238. The van der Waals surface area contributed by atoms with Crippen molar-refractivity contribution in [2.45, 2.75) is 17.6 Å². The monoisotopic (exact) mass is 304 g/mol. The summed E-state index contributed by atoms with van der Waals surface area (Å²) >= 11 is 0. The van der Waals surface area contributed by atoms with E-state index in [4.69, 9.17) is 11.0 Å². The van der Waals surface area contributed by atoms with Gasteiger partial charge in [-0.05, 0) is 24.6 Å². The van der Waals surface area contributed by atoms with Gasteiger partial charge in [0.2, 0.25) is 0 Å². The van der Waals surface area contributed by atoms with Crippen molar-refractivity contribution in [2.75, 3.05) is 5.73 Å². The Balaban J connectivity index is 2.48. The SMILES string of the molecule is Cc1cccc(S(=O)(=O)Cc2cccc(C#N)c2F)c1N. The van der Waals surface area contributed by atoms with Gasteiger partial charge >= 0.3 is 0 Å². The molecule has 4 nitrogen and oxygen atoms in total. The molecule has 0 saturated carbocycles. The number of para-hydroxylation sites is 1. The van der Waals surface area contributed by atoms with E-state index in [1.54, 1.807) is 25.1 Å². The molecule has 0 aromatic heterocycles. The van der Waals surface area contributed by atoms with E-state index in [2.05, 4.69) is 0 Å². The highest BCUT2D eigenvalue weighted by molar-refractivity contribution is 7.90. The maximum atomic E-state index is 14.0. The van der Waals surface area contributed by atoms with Crippen LogP contribution in [0.1, 0.15) is 16.7 Å². The van der Waals surface area contributed by atoms with Crippen molar-refractivity contribution in [2.24, 2.45) is 0 Å². The quantitative estimate of drug-likeness (QED) is 0.883. The molecule has 21 heavy (non-hydrogen) atoms. The van der Waals surface area contributed by atoms with Gasteiger partial charge in [0.15, 0.2) is 9.84 Å². The highest BCUT2D eigenvalue weighted by atomic mass is 32.2. The molecule has 0 saturated heterocycles. The minimum Gasteiger partial charge on any atom is -0.397 e. The van der Waals surface area contributed by atoms with Gasteiger partial charge in [-0.2, -0.15) is 5.26 Å². The van der Waals surface area contributed by atoms with E-state index in [0.717, 1.165) is 0 Å². The first-order valence-electron chi connectivity index (χ1n) is 6.12. The summed E-state index contributed by atoms with van der Waals surface area (Å²) in [6.45, 7) is 1.70. The van der Waals surface area contributed by atoms with Gasteiger partial charge in [0.1, 0.15) is 11.9 Å². The largest absolute Gasteiger partial charge is 0.397 e. The molecule has 6 heteroatoms. The van der Waals surface area contributed by atoms with E-state index in [-0.39, 0.29) is 21.7 Å². The lowest BCUT2D eigenvalue weighted by Crippen LogP contribution is -2.10. The number of nitrogens with zero attached hydrogens (tertiary/aromatic N) is 1. The van der Waals surface area contributed by atoms with E-state index < -0.39 is 21.4 Å². The van der Waals surface area contributed by atoms with Crippen LogP contribution in [0.4, 0.5) is 10.1 Å². The van der Waals surface area contributed by atoms with Crippen molar-refractivity contribution in [3.05, 3.63) is 58.9 Å².